The third kappa shape index (κ3) is 39.6. The van der Waals surface area contributed by atoms with Crippen molar-refractivity contribution >= 4 is 29.9 Å². The smallest absolute Gasteiger partial charge is 0.408 e. The number of hydrogen-bond donors (Lipinski definition) is 5. The number of rotatable bonds is 36. The summed E-state index contributed by atoms with van der Waals surface area (Å²) >= 11 is 0. The highest BCUT2D eigenvalue weighted by molar-refractivity contribution is 5.85. The fourth-order valence-electron chi connectivity index (χ4n) is 5.36. The Bertz CT molecular complexity index is 1080. The minimum atomic E-state index is -0.879. The van der Waals surface area contributed by atoms with E-state index in [4.69, 9.17) is 28.4 Å². The van der Waals surface area contributed by atoms with E-state index < -0.39 is 35.3 Å². The first-order valence-electron chi connectivity index (χ1n) is 21.7. The molecule has 340 valence electrons. The molecule has 0 saturated heterocycles. The van der Waals surface area contributed by atoms with Crippen molar-refractivity contribution in [3.8, 4) is 0 Å². The average molecular weight is 832 g/mol. The molecule has 0 radical (unpaired) electrons. The molecule has 16 nitrogen and oxygen atoms in total. The maximum atomic E-state index is 12.8. The normalized spacial score (nSPS) is 12.1. The van der Waals surface area contributed by atoms with Crippen molar-refractivity contribution in [1.29, 1.82) is 0 Å². The predicted octanol–water partition coefficient (Wildman–Crippen LogP) is 5.69. The minimum Gasteiger partial charge on any atom is -0.444 e. The van der Waals surface area contributed by atoms with E-state index in [2.05, 4.69) is 33.5 Å². The monoisotopic (exact) mass is 832 g/mol. The van der Waals surface area contributed by atoms with Gasteiger partial charge in [-0.3, -0.25) is 14.4 Å². The van der Waals surface area contributed by atoms with Gasteiger partial charge in [-0.1, -0.05) is 71.1 Å². The summed E-state index contributed by atoms with van der Waals surface area (Å²) in [4.78, 5) is 61.1. The molecular formula is C42H81N5O11. The fraction of sp³-hybridized carbons (Fsp3) is 0.881. The molecular weight excluding hydrogens is 750 g/mol. The number of hydrogen-bond acceptors (Lipinski definition) is 11. The summed E-state index contributed by atoms with van der Waals surface area (Å²) in [5.41, 5.74) is -1.36. The Morgan fingerprint density at radius 2 is 0.879 bits per heavy atom. The molecule has 0 heterocycles. The van der Waals surface area contributed by atoms with Crippen LogP contribution in [0.2, 0.25) is 0 Å². The summed E-state index contributed by atoms with van der Waals surface area (Å²) in [5, 5.41) is 13.7. The van der Waals surface area contributed by atoms with E-state index in [1.54, 1.807) is 41.5 Å². The highest BCUT2D eigenvalue weighted by atomic mass is 16.6. The SMILES string of the molecule is CCCCCCCCCCCCCC(=O)NCCOCCOCCNC(=O)CCOCCOCCNC(=O)[C@H](CCCNC(=O)OC(C)(C)C)NC(=O)OC(C)(C)C. The second-order valence-electron chi connectivity index (χ2n) is 16.2. The molecule has 0 aliphatic rings. The Kier molecular flexibility index (Phi) is 33.7. The lowest BCUT2D eigenvalue weighted by molar-refractivity contribution is -0.123. The van der Waals surface area contributed by atoms with Crippen LogP contribution in [-0.2, 0) is 42.8 Å². The van der Waals surface area contributed by atoms with E-state index in [1.807, 2.05) is 0 Å². The maximum Gasteiger partial charge on any atom is 0.408 e. The molecule has 5 N–H and O–H groups in total. The van der Waals surface area contributed by atoms with Gasteiger partial charge in [0.2, 0.25) is 17.7 Å². The van der Waals surface area contributed by atoms with Gasteiger partial charge in [0.25, 0.3) is 0 Å². The first-order chi connectivity index (χ1) is 27.6. The number of carbonyl (C=O) groups excluding carboxylic acids is 5. The van der Waals surface area contributed by atoms with Crippen LogP contribution in [0.25, 0.3) is 0 Å². The zero-order chi connectivity index (χ0) is 43.3. The van der Waals surface area contributed by atoms with E-state index in [1.165, 1.54) is 57.8 Å². The van der Waals surface area contributed by atoms with Crippen molar-refractivity contribution in [2.45, 2.75) is 162 Å². The zero-order valence-electron chi connectivity index (χ0n) is 37.2. The van der Waals surface area contributed by atoms with Crippen LogP contribution in [-0.4, -0.2) is 126 Å². The lowest BCUT2D eigenvalue weighted by Gasteiger charge is -2.23. The van der Waals surface area contributed by atoms with Gasteiger partial charge in [-0.05, 0) is 60.8 Å². The van der Waals surface area contributed by atoms with Crippen molar-refractivity contribution in [1.82, 2.24) is 26.6 Å². The molecule has 0 saturated carbocycles. The van der Waals surface area contributed by atoms with Gasteiger partial charge in [0.1, 0.15) is 17.2 Å². The van der Waals surface area contributed by atoms with Crippen molar-refractivity contribution in [2.75, 3.05) is 79.0 Å². The number of nitrogens with one attached hydrogen (secondary N) is 5. The van der Waals surface area contributed by atoms with Gasteiger partial charge in [0, 0.05) is 39.0 Å². The number of unbranched alkanes of at least 4 members (excludes halogenated alkanes) is 10. The quantitative estimate of drug-likeness (QED) is 0.0486. The van der Waals surface area contributed by atoms with Crippen molar-refractivity contribution < 1.29 is 52.4 Å². The molecule has 0 bridgehead atoms. The van der Waals surface area contributed by atoms with Gasteiger partial charge in [-0.2, -0.15) is 0 Å². The van der Waals surface area contributed by atoms with Crippen LogP contribution < -0.4 is 26.6 Å². The summed E-state index contributed by atoms with van der Waals surface area (Å²) in [5.74, 6) is -0.483. The molecule has 0 rings (SSSR count). The van der Waals surface area contributed by atoms with Crippen LogP contribution >= 0.6 is 0 Å². The van der Waals surface area contributed by atoms with Gasteiger partial charge in [0.15, 0.2) is 0 Å². The molecule has 58 heavy (non-hydrogen) atoms. The van der Waals surface area contributed by atoms with Crippen LogP contribution in [0.15, 0.2) is 0 Å². The summed E-state index contributed by atoms with van der Waals surface area (Å²) in [7, 11) is 0. The third-order valence-corrected chi connectivity index (χ3v) is 8.25. The van der Waals surface area contributed by atoms with E-state index in [0.717, 1.165) is 12.8 Å². The number of carbonyl (C=O) groups is 5. The molecule has 0 aliphatic carbocycles. The molecule has 0 aromatic heterocycles. The first-order valence-corrected chi connectivity index (χ1v) is 21.7. The van der Waals surface area contributed by atoms with Gasteiger partial charge in [0.05, 0.1) is 52.9 Å². The second kappa shape index (κ2) is 35.7. The molecule has 0 unspecified atom stereocenters. The standard InChI is InChI=1S/C42H81N5O11/c1-8-9-10-11-12-13-14-15-16-17-18-21-36(48)43-24-28-54-33-34-55-29-25-44-37(49)22-27-53-31-32-56-30-26-45-38(50)35(47-40(52)58-42(5,6)7)20-19-23-46-39(51)57-41(2,3)4/h35H,8-34H2,1-7H3,(H,43,48)(H,44,49)(H,45,50)(H,46,51)(H,47,52)/t35-/m0/s1. The molecule has 0 fully saturated rings. The average Bonchev–Trinajstić information content (AvgIpc) is 3.13. The summed E-state index contributed by atoms with van der Waals surface area (Å²) in [6, 6.07) is -0.879. The van der Waals surface area contributed by atoms with Crippen molar-refractivity contribution in [3.05, 3.63) is 0 Å². The van der Waals surface area contributed by atoms with E-state index >= 15 is 0 Å². The molecule has 0 spiro atoms. The lowest BCUT2D eigenvalue weighted by atomic mass is 10.1. The highest BCUT2D eigenvalue weighted by Crippen LogP contribution is 2.12. The Labute approximate surface area is 349 Å². The fourth-order valence-corrected chi connectivity index (χ4v) is 5.36. The Hall–Kier alpha value is -3.21. The third-order valence-electron chi connectivity index (χ3n) is 8.25. The number of ether oxygens (including phenoxy) is 6. The molecule has 0 aromatic carbocycles. The van der Waals surface area contributed by atoms with E-state index in [0.29, 0.717) is 52.4 Å². The minimum absolute atomic E-state index is 0.0753. The van der Waals surface area contributed by atoms with Gasteiger partial charge >= 0.3 is 12.2 Å². The topological polar surface area (TPSA) is 201 Å². The lowest BCUT2D eigenvalue weighted by Crippen LogP contribution is -2.49. The summed E-state index contributed by atoms with van der Waals surface area (Å²) in [6.45, 7) is 16.6. The van der Waals surface area contributed by atoms with Crippen LogP contribution in [0, 0.1) is 0 Å². The van der Waals surface area contributed by atoms with E-state index in [-0.39, 0.29) is 64.2 Å². The van der Waals surface area contributed by atoms with Crippen LogP contribution in [0.1, 0.15) is 145 Å². The Morgan fingerprint density at radius 3 is 1.38 bits per heavy atom. The molecule has 5 amide bonds. The van der Waals surface area contributed by atoms with Crippen LogP contribution in [0.5, 0.6) is 0 Å². The Morgan fingerprint density at radius 1 is 0.448 bits per heavy atom. The van der Waals surface area contributed by atoms with Gasteiger partial charge in [-0.25, -0.2) is 9.59 Å². The molecule has 1 atom stereocenters. The van der Waals surface area contributed by atoms with Crippen molar-refractivity contribution in [2.24, 2.45) is 0 Å². The zero-order valence-corrected chi connectivity index (χ0v) is 37.2. The first kappa shape index (κ1) is 54.8. The molecule has 0 aliphatic heterocycles. The highest BCUT2D eigenvalue weighted by Gasteiger charge is 2.24. The molecule has 16 heteroatoms. The number of alkyl carbamates (subject to hydrolysis) is 2. The molecule has 0 aromatic rings. The van der Waals surface area contributed by atoms with Crippen molar-refractivity contribution in [3.63, 3.8) is 0 Å². The van der Waals surface area contributed by atoms with E-state index in [9.17, 15) is 24.0 Å². The van der Waals surface area contributed by atoms with Crippen LogP contribution in [0.3, 0.4) is 0 Å². The largest absolute Gasteiger partial charge is 0.444 e. The van der Waals surface area contributed by atoms with Gasteiger partial charge in [-0.15, -0.1) is 0 Å². The van der Waals surface area contributed by atoms with Gasteiger partial charge < -0.3 is 55.0 Å². The number of amides is 5. The van der Waals surface area contributed by atoms with Crippen LogP contribution in [0.4, 0.5) is 9.59 Å². The summed E-state index contributed by atoms with van der Waals surface area (Å²) in [6.07, 6.45) is 14.1. The maximum absolute atomic E-state index is 12.8. The summed E-state index contributed by atoms with van der Waals surface area (Å²) < 4.78 is 32.5. The predicted molar refractivity (Wildman–Crippen MR) is 225 cm³/mol. The Balaban J connectivity index is 3.81. The second-order valence-corrected chi connectivity index (χ2v) is 16.2.